The first-order valence-electron chi connectivity index (χ1n) is 12.3. The van der Waals surface area contributed by atoms with Gasteiger partial charge in [0.25, 0.3) is 5.91 Å². The molecule has 0 unspecified atom stereocenters. The molecule has 1 aromatic heterocycles. The number of anilines is 2. The fourth-order valence-electron chi connectivity index (χ4n) is 4.90. The van der Waals surface area contributed by atoms with Gasteiger partial charge in [-0.1, -0.05) is 18.6 Å². The van der Waals surface area contributed by atoms with E-state index in [9.17, 15) is 13.2 Å². The first-order valence-corrected chi connectivity index (χ1v) is 13.8. The Morgan fingerprint density at radius 3 is 2.29 bits per heavy atom. The van der Waals surface area contributed by atoms with E-state index < -0.39 is 10.0 Å². The van der Waals surface area contributed by atoms with Gasteiger partial charge in [0.1, 0.15) is 4.90 Å². The number of amides is 1. The van der Waals surface area contributed by atoms with Gasteiger partial charge >= 0.3 is 0 Å². The van der Waals surface area contributed by atoms with E-state index in [-0.39, 0.29) is 10.8 Å². The molecule has 0 saturated carbocycles. The van der Waals surface area contributed by atoms with E-state index in [1.165, 1.54) is 0 Å². The van der Waals surface area contributed by atoms with Crippen molar-refractivity contribution in [2.45, 2.75) is 43.4 Å². The summed E-state index contributed by atoms with van der Waals surface area (Å²) in [7, 11) is -3.72. The van der Waals surface area contributed by atoms with Gasteiger partial charge in [-0.05, 0) is 62.4 Å². The molecule has 2 aliphatic heterocycles. The van der Waals surface area contributed by atoms with Crippen molar-refractivity contribution in [3.05, 3.63) is 66.7 Å². The van der Waals surface area contributed by atoms with Crippen LogP contribution < -0.4 is 10.2 Å². The summed E-state index contributed by atoms with van der Waals surface area (Å²) in [5, 5.41) is 2.96. The quantitative estimate of drug-likeness (QED) is 0.554. The van der Waals surface area contributed by atoms with Crippen molar-refractivity contribution < 1.29 is 13.2 Å². The molecule has 3 aromatic rings. The molecule has 1 N–H and O–H groups in total. The molecule has 5 rings (SSSR count). The SMILES string of the molecule is O=C(Nc1ccccc1-n1ccnc1)c1ccc(N2CCCCC2)c(S(=O)(=O)N2CCCCC2)c1. The molecule has 2 saturated heterocycles. The lowest BCUT2D eigenvalue weighted by molar-refractivity contribution is 0.102. The lowest BCUT2D eigenvalue weighted by Gasteiger charge is -2.33. The molecule has 0 radical (unpaired) electrons. The number of rotatable bonds is 6. The van der Waals surface area contributed by atoms with Crippen LogP contribution in [0, 0.1) is 0 Å². The Bertz CT molecular complexity index is 1280. The van der Waals surface area contributed by atoms with Crippen molar-refractivity contribution >= 4 is 27.3 Å². The summed E-state index contributed by atoms with van der Waals surface area (Å²) in [6.45, 7) is 2.70. The van der Waals surface area contributed by atoms with Gasteiger partial charge in [-0.3, -0.25) is 4.79 Å². The lowest BCUT2D eigenvalue weighted by atomic mass is 10.1. The summed E-state index contributed by atoms with van der Waals surface area (Å²) in [4.78, 5) is 19.8. The maximum atomic E-state index is 13.8. The lowest BCUT2D eigenvalue weighted by Crippen LogP contribution is -2.37. The summed E-state index contributed by atoms with van der Waals surface area (Å²) in [5.41, 5.74) is 2.42. The minimum absolute atomic E-state index is 0.233. The fourth-order valence-corrected chi connectivity index (χ4v) is 6.66. The summed E-state index contributed by atoms with van der Waals surface area (Å²) < 4.78 is 30.9. The third-order valence-electron chi connectivity index (χ3n) is 6.79. The number of aromatic nitrogens is 2. The number of carbonyl (C=O) groups excluding carboxylic acids is 1. The summed E-state index contributed by atoms with van der Waals surface area (Å²) in [6.07, 6.45) is 11.2. The number of nitrogens with one attached hydrogen (secondary N) is 1. The van der Waals surface area contributed by atoms with Crippen molar-refractivity contribution in [1.82, 2.24) is 13.9 Å². The first kappa shape index (κ1) is 23.6. The Labute approximate surface area is 206 Å². The zero-order chi connectivity index (χ0) is 24.3. The summed E-state index contributed by atoms with van der Waals surface area (Å²) >= 11 is 0. The van der Waals surface area contributed by atoms with Gasteiger partial charge in [0.2, 0.25) is 10.0 Å². The number of hydrogen-bond donors (Lipinski definition) is 1. The van der Waals surface area contributed by atoms with Gasteiger partial charge in [-0.2, -0.15) is 4.31 Å². The molecule has 2 aromatic carbocycles. The Balaban J connectivity index is 1.49. The second kappa shape index (κ2) is 10.2. The third kappa shape index (κ3) is 4.97. The van der Waals surface area contributed by atoms with Crippen LogP contribution in [0.15, 0.2) is 66.1 Å². The molecule has 2 aliphatic rings. The predicted molar refractivity (Wildman–Crippen MR) is 137 cm³/mol. The highest BCUT2D eigenvalue weighted by atomic mass is 32.2. The highest BCUT2D eigenvalue weighted by molar-refractivity contribution is 7.89. The van der Waals surface area contributed by atoms with E-state index in [4.69, 9.17) is 0 Å². The van der Waals surface area contributed by atoms with Gasteiger partial charge in [0.05, 0.1) is 23.4 Å². The number of sulfonamides is 1. The second-order valence-corrected chi connectivity index (χ2v) is 11.0. The number of hydrogen-bond acceptors (Lipinski definition) is 5. The average Bonchev–Trinajstić information content (AvgIpc) is 3.44. The number of nitrogens with zero attached hydrogens (tertiary/aromatic N) is 4. The van der Waals surface area contributed by atoms with E-state index in [2.05, 4.69) is 15.2 Å². The molecule has 1 amide bonds. The number of para-hydroxylation sites is 2. The number of piperidine rings is 2. The first-order chi connectivity index (χ1) is 17.0. The molecule has 0 spiro atoms. The second-order valence-electron chi connectivity index (χ2n) is 9.14. The van der Waals surface area contributed by atoms with Crippen LogP contribution in [-0.4, -0.2) is 54.4 Å². The van der Waals surface area contributed by atoms with Gasteiger partial charge in [0.15, 0.2) is 0 Å². The largest absolute Gasteiger partial charge is 0.370 e. The molecule has 0 aliphatic carbocycles. The predicted octanol–water partition coefficient (Wildman–Crippen LogP) is 4.29. The van der Waals surface area contributed by atoms with Crippen molar-refractivity contribution in [2.24, 2.45) is 0 Å². The molecular formula is C26H31N5O3S. The Morgan fingerprint density at radius 1 is 0.857 bits per heavy atom. The Hall–Kier alpha value is -3.17. The molecule has 0 bridgehead atoms. The number of benzene rings is 2. The van der Waals surface area contributed by atoms with E-state index in [0.717, 1.165) is 57.3 Å². The van der Waals surface area contributed by atoms with Crippen LogP contribution in [0.4, 0.5) is 11.4 Å². The van der Waals surface area contributed by atoms with Crippen molar-refractivity contribution in [3.8, 4) is 5.69 Å². The Morgan fingerprint density at radius 2 is 1.57 bits per heavy atom. The van der Waals surface area contributed by atoms with Crippen molar-refractivity contribution in [2.75, 3.05) is 36.4 Å². The molecule has 8 nitrogen and oxygen atoms in total. The van der Waals surface area contributed by atoms with Crippen LogP contribution in [0.1, 0.15) is 48.9 Å². The Kier molecular flexibility index (Phi) is 6.88. The van der Waals surface area contributed by atoms with E-state index in [1.54, 1.807) is 35.0 Å². The molecule has 0 atom stereocenters. The molecule has 9 heteroatoms. The zero-order valence-corrected chi connectivity index (χ0v) is 20.6. The van der Waals surface area contributed by atoms with E-state index >= 15 is 0 Å². The number of imidazole rings is 1. The van der Waals surface area contributed by atoms with Crippen LogP contribution in [0.5, 0.6) is 0 Å². The van der Waals surface area contributed by atoms with Crippen LogP contribution in [0.25, 0.3) is 5.69 Å². The highest BCUT2D eigenvalue weighted by Gasteiger charge is 2.31. The van der Waals surface area contributed by atoms with Gasteiger partial charge in [-0.25, -0.2) is 13.4 Å². The molecule has 184 valence electrons. The van der Waals surface area contributed by atoms with Gasteiger partial charge in [-0.15, -0.1) is 0 Å². The average molecular weight is 494 g/mol. The molecule has 35 heavy (non-hydrogen) atoms. The summed E-state index contributed by atoms with van der Waals surface area (Å²) in [6, 6.07) is 12.5. The monoisotopic (exact) mass is 493 g/mol. The van der Waals surface area contributed by atoms with Crippen LogP contribution >= 0.6 is 0 Å². The molecule has 3 heterocycles. The van der Waals surface area contributed by atoms with Gasteiger partial charge < -0.3 is 14.8 Å². The fraction of sp³-hybridized carbons (Fsp3) is 0.385. The van der Waals surface area contributed by atoms with Crippen molar-refractivity contribution in [1.29, 1.82) is 0 Å². The van der Waals surface area contributed by atoms with E-state index in [0.29, 0.717) is 30.0 Å². The molecular weight excluding hydrogens is 462 g/mol. The topological polar surface area (TPSA) is 87.5 Å². The van der Waals surface area contributed by atoms with Crippen LogP contribution in [0.3, 0.4) is 0 Å². The highest BCUT2D eigenvalue weighted by Crippen LogP contribution is 2.33. The van der Waals surface area contributed by atoms with Crippen molar-refractivity contribution in [3.63, 3.8) is 0 Å². The van der Waals surface area contributed by atoms with E-state index in [1.807, 2.05) is 35.0 Å². The maximum Gasteiger partial charge on any atom is 0.255 e. The van der Waals surface area contributed by atoms with Gasteiger partial charge in [0, 0.05) is 44.1 Å². The zero-order valence-electron chi connectivity index (χ0n) is 19.8. The third-order valence-corrected chi connectivity index (χ3v) is 8.71. The molecule has 2 fully saturated rings. The minimum Gasteiger partial charge on any atom is -0.370 e. The normalized spacial score (nSPS) is 17.3. The van der Waals surface area contributed by atoms with Crippen LogP contribution in [0.2, 0.25) is 0 Å². The summed E-state index contributed by atoms with van der Waals surface area (Å²) in [5.74, 6) is -0.349. The standard InChI is InChI=1S/C26H31N5O3S/c32-26(28-22-9-3-4-10-23(22)30-18-13-27-20-30)21-11-12-24(29-14-5-1-6-15-29)25(19-21)35(33,34)31-16-7-2-8-17-31/h3-4,9-13,18-20H,1-2,5-8,14-17H2,(H,28,32). The minimum atomic E-state index is -3.72. The van der Waals surface area contributed by atoms with Crippen LogP contribution in [-0.2, 0) is 10.0 Å². The number of carbonyl (C=O) groups is 1. The smallest absolute Gasteiger partial charge is 0.255 e. The maximum absolute atomic E-state index is 13.8.